The van der Waals surface area contributed by atoms with E-state index in [1.54, 1.807) is 18.6 Å². The maximum atomic E-state index is 9.08. The molecule has 3 aromatic heterocycles. The van der Waals surface area contributed by atoms with Crippen LogP contribution < -0.4 is 4.74 Å². The summed E-state index contributed by atoms with van der Waals surface area (Å²) >= 11 is 1.44. The van der Waals surface area contributed by atoms with Crippen LogP contribution in [0.1, 0.15) is 12.1 Å². The minimum Gasteiger partial charge on any atom is -0.475 e. The summed E-state index contributed by atoms with van der Waals surface area (Å²) in [4.78, 5) is 13.6. The highest BCUT2D eigenvalue weighted by Gasteiger charge is 2.23. The lowest BCUT2D eigenvalue weighted by Gasteiger charge is -2.15. The quantitative estimate of drug-likeness (QED) is 0.567. The summed E-state index contributed by atoms with van der Waals surface area (Å²) in [5.41, 5.74) is 1.79. The number of oxime groups is 1. The molecule has 9 heteroatoms. The van der Waals surface area contributed by atoms with Gasteiger partial charge < -0.3 is 9.94 Å². The van der Waals surface area contributed by atoms with Crippen LogP contribution in [0.4, 0.5) is 0 Å². The normalized spacial score (nSPS) is 15.2. The standard InChI is InChI=1S/C14H10N6O2S/c21-20-9-3-5-22-13-11(9)17-12(18-19-13)10-7-16-14(23-10)8-2-1-4-15-6-8/h1-2,4,6-7,21H,3,5H2/b20-9+. The van der Waals surface area contributed by atoms with Crippen LogP contribution >= 0.6 is 11.3 Å². The Morgan fingerprint density at radius 1 is 1.26 bits per heavy atom. The number of fused-ring (bicyclic) bond motifs is 1. The largest absolute Gasteiger partial charge is 0.475 e. The zero-order valence-electron chi connectivity index (χ0n) is 11.7. The fourth-order valence-electron chi connectivity index (χ4n) is 2.17. The molecule has 1 N–H and O–H groups in total. The fourth-order valence-corrected chi connectivity index (χ4v) is 3.00. The van der Waals surface area contributed by atoms with Gasteiger partial charge in [0.15, 0.2) is 11.5 Å². The van der Waals surface area contributed by atoms with Crippen LogP contribution in [0.2, 0.25) is 0 Å². The summed E-state index contributed by atoms with van der Waals surface area (Å²) in [7, 11) is 0. The molecule has 4 heterocycles. The van der Waals surface area contributed by atoms with Crippen molar-refractivity contribution in [1.82, 2.24) is 25.1 Å². The Morgan fingerprint density at radius 3 is 3.04 bits per heavy atom. The molecule has 23 heavy (non-hydrogen) atoms. The first-order valence-electron chi connectivity index (χ1n) is 6.80. The Balaban J connectivity index is 1.73. The topological polar surface area (TPSA) is 106 Å². The van der Waals surface area contributed by atoms with Gasteiger partial charge in [-0.3, -0.25) is 4.98 Å². The van der Waals surface area contributed by atoms with E-state index < -0.39 is 0 Å². The molecule has 0 saturated heterocycles. The van der Waals surface area contributed by atoms with Gasteiger partial charge in [-0.05, 0) is 12.1 Å². The van der Waals surface area contributed by atoms with Gasteiger partial charge in [0.25, 0.3) is 5.88 Å². The van der Waals surface area contributed by atoms with E-state index in [2.05, 4.69) is 30.3 Å². The van der Waals surface area contributed by atoms with Crippen molar-refractivity contribution < 1.29 is 9.94 Å². The highest BCUT2D eigenvalue weighted by atomic mass is 32.1. The molecule has 8 nitrogen and oxygen atoms in total. The predicted molar refractivity (Wildman–Crippen MR) is 82.6 cm³/mol. The van der Waals surface area contributed by atoms with E-state index in [-0.39, 0.29) is 5.88 Å². The van der Waals surface area contributed by atoms with Crippen molar-refractivity contribution in [2.45, 2.75) is 6.42 Å². The summed E-state index contributed by atoms with van der Waals surface area (Å²) in [5.74, 6) is 0.702. The van der Waals surface area contributed by atoms with Crippen molar-refractivity contribution in [2.24, 2.45) is 5.16 Å². The number of pyridine rings is 1. The third-order valence-corrected chi connectivity index (χ3v) is 4.30. The second-order valence-corrected chi connectivity index (χ2v) is 5.74. The zero-order valence-corrected chi connectivity index (χ0v) is 12.6. The Kier molecular flexibility index (Phi) is 3.39. The molecule has 0 bridgehead atoms. The van der Waals surface area contributed by atoms with Gasteiger partial charge in [0.05, 0.1) is 11.5 Å². The highest BCUT2D eigenvalue weighted by Crippen LogP contribution is 2.31. The first-order chi connectivity index (χ1) is 11.3. The first-order valence-corrected chi connectivity index (χ1v) is 7.62. The van der Waals surface area contributed by atoms with Gasteiger partial charge in [0, 0.05) is 30.6 Å². The van der Waals surface area contributed by atoms with E-state index >= 15 is 0 Å². The van der Waals surface area contributed by atoms with Crippen molar-refractivity contribution >= 4 is 17.0 Å². The van der Waals surface area contributed by atoms with Crippen LogP contribution in [-0.4, -0.2) is 42.7 Å². The third-order valence-electron chi connectivity index (χ3n) is 3.26. The Morgan fingerprint density at radius 2 is 2.22 bits per heavy atom. The molecule has 0 unspecified atom stereocenters. The first kappa shape index (κ1) is 13.7. The molecule has 0 spiro atoms. The predicted octanol–water partition coefficient (Wildman–Crippen LogP) is 2.02. The maximum absolute atomic E-state index is 9.08. The summed E-state index contributed by atoms with van der Waals surface area (Å²) in [6.07, 6.45) is 5.63. The molecule has 1 aliphatic rings. The molecule has 0 saturated carbocycles. The van der Waals surface area contributed by atoms with Crippen LogP contribution in [0.25, 0.3) is 21.3 Å². The second-order valence-electron chi connectivity index (χ2n) is 4.71. The summed E-state index contributed by atoms with van der Waals surface area (Å²) in [6.45, 7) is 0.397. The third kappa shape index (κ3) is 2.50. The van der Waals surface area contributed by atoms with E-state index in [4.69, 9.17) is 9.94 Å². The lowest BCUT2D eigenvalue weighted by atomic mass is 10.2. The number of aromatic nitrogens is 5. The number of hydrogen-bond donors (Lipinski definition) is 1. The molecule has 0 aromatic carbocycles. The van der Waals surface area contributed by atoms with Crippen molar-refractivity contribution in [3.63, 3.8) is 0 Å². The smallest absolute Gasteiger partial charge is 0.261 e. The van der Waals surface area contributed by atoms with Gasteiger partial charge in [0.1, 0.15) is 10.7 Å². The van der Waals surface area contributed by atoms with Crippen LogP contribution in [0.15, 0.2) is 35.9 Å². The van der Waals surface area contributed by atoms with E-state index in [9.17, 15) is 0 Å². The number of ether oxygens (including phenoxy) is 1. The molecular formula is C14H10N6O2S. The molecule has 0 atom stereocenters. The Hall–Kier alpha value is -2.94. The van der Waals surface area contributed by atoms with E-state index in [1.165, 1.54) is 11.3 Å². The van der Waals surface area contributed by atoms with Crippen molar-refractivity contribution in [3.05, 3.63) is 36.4 Å². The molecular weight excluding hydrogens is 316 g/mol. The van der Waals surface area contributed by atoms with Gasteiger partial charge in [-0.1, -0.05) is 5.16 Å². The summed E-state index contributed by atoms with van der Waals surface area (Å²) in [5, 5.41) is 21.2. The molecule has 3 aromatic rings. The number of rotatable bonds is 2. The minimum atomic E-state index is 0.282. The van der Waals surface area contributed by atoms with E-state index in [1.807, 2.05) is 12.1 Å². The van der Waals surface area contributed by atoms with Gasteiger partial charge in [-0.15, -0.1) is 21.5 Å². The van der Waals surface area contributed by atoms with Crippen LogP contribution in [-0.2, 0) is 0 Å². The molecule has 4 rings (SSSR count). The average molecular weight is 326 g/mol. The number of hydrogen-bond acceptors (Lipinski definition) is 9. The highest BCUT2D eigenvalue weighted by molar-refractivity contribution is 7.18. The zero-order chi connectivity index (χ0) is 15.6. The van der Waals surface area contributed by atoms with Gasteiger partial charge in [-0.2, -0.15) is 0 Å². The maximum Gasteiger partial charge on any atom is 0.261 e. The minimum absolute atomic E-state index is 0.282. The molecule has 114 valence electrons. The van der Waals surface area contributed by atoms with Crippen molar-refractivity contribution in [2.75, 3.05) is 6.61 Å². The van der Waals surface area contributed by atoms with Gasteiger partial charge in [0.2, 0.25) is 0 Å². The van der Waals surface area contributed by atoms with Crippen LogP contribution in [0.5, 0.6) is 5.88 Å². The van der Waals surface area contributed by atoms with Gasteiger partial charge >= 0.3 is 0 Å². The van der Waals surface area contributed by atoms with Gasteiger partial charge in [-0.25, -0.2) is 9.97 Å². The molecule has 1 aliphatic heterocycles. The average Bonchev–Trinajstić information content (AvgIpc) is 3.11. The summed E-state index contributed by atoms with van der Waals surface area (Å²) in [6, 6.07) is 3.79. The Labute approximate surface area is 134 Å². The van der Waals surface area contributed by atoms with Crippen molar-refractivity contribution in [3.8, 4) is 27.2 Å². The molecule has 0 radical (unpaired) electrons. The molecule has 0 amide bonds. The van der Waals surface area contributed by atoms with Crippen LogP contribution in [0.3, 0.4) is 0 Å². The van der Waals surface area contributed by atoms with E-state index in [0.717, 1.165) is 15.4 Å². The number of thiazole rings is 1. The molecule has 0 fully saturated rings. The monoisotopic (exact) mass is 326 g/mol. The lowest BCUT2D eigenvalue weighted by Crippen LogP contribution is -2.20. The summed E-state index contributed by atoms with van der Waals surface area (Å²) < 4.78 is 5.37. The van der Waals surface area contributed by atoms with Crippen LogP contribution in [0, 0.1) is 0 Å². The second kappa shape index (κ2) is 5.69. The van der Waals surface area contributed by atoms with E-state index in [0.29, 0.717) is 30.3 Å². The number of nitrogens with zero attached hydrogens (tertiary/aromatic N) is 6. The fraction of sp³-hybridized carbons (Fsp3) is 0.143. The van der Waals surface area contributed by atoms with Crippen molar-refractivity contribution in [1.29, 1.82) is 0 Å². The SMILES string of the molecule is O/N=C1\CCOc2nnc(-c3cnc(-c4cccnc4)s3)nc21. The molecule has 0 aliphatic carbocycles. The Bertz CT molecular complexity index is 880. The lowest BCUT2D eigenvalue weighted by molar-refractivity contribution is 0.286.